The minimum absolute atomic E-state index is 0.283. The molecule has 0 unspecified atom stereocenters. The van der Waals surface area contributed by atoms with E-state index in [1.807, 2.05) is 17.5 Å². The Kier molecular flexibility index (Phi) is 4.04. The molecule has 7 heteroatoms. The number of benzene rings is 1. The Labute approximate surface area is 136 Å². The number of hydrogen-bond acceptors (Lipinski definition) is 6. The average Bonchev–Trinajstić information content (AvgIpc) is 2.89. The summed E-state index contributed by atoms with van der Waals surface area (Å²) in [6, 6.07) is 7.26. The number of ether oxygens (including phenoxy) is 1. The first-order valence-electron chi connectivity index (χ1n) is 6.75. The Hall–Kier alpha value is -2.05. The van der Waals surface area contributed by atoms with E-state index in [-0.39, 0.29) is 5.71 Å². The number of thiophene rings is 1. The summed E-state index contributed by atoms with van der Waals surface area (Å²) in [6.07, 6.45) is 0. The average molecular weight is 336 g/mol. The monoisotopic (exact) mass is 335 g/mol. The summed E-state index contributed by atoms with van der Waals surface area (Å²) in [5.41, 5.74) is 8.80. The molecule has 2 heterocycles. The van der Waals surface area contributed by atoms with Crippen LogP contribution in [0.4, 0.5) is 10.7 Å². The number of nitrogens with two attached hydrogens (primary N) is 1. The molecule has 1 aliphatic heterocycles. The largest absolute Gasteiger partial charge is 0.461 e. The highest BCUT2D eigenvalue weighted by atomic mass is 35.5. The van der Waals surface area contributed by atoms with Gasteiger partial charge in [-0.1, -0.05) is 11.6 Å². The zero-order chi connectivity index (χ0) is 15.7. The van der Waals surface area contributed by atoms with Gasteiger partial charge in [-0.2, -0.15) is 5.10 Å². The number of hydrogen-bond donors (Lipinski definition) is 1. The van der Waals surface area contributed by atoms with E-state index in [0.717, 1.165) is 16.8 Å². The van der Waals surface area contributed by atoms with Crippen molar-refractivity contribution >= 4 is 45.3 Å². The number of hydrazone groups is 1. The minimum atomic E-state index is -0.444. The van der Waals surface area contributed by atoms with E-state index in [2.05, 4.69) is 5.10 Å². The fourth-order valence-electron chi connectivity index (χ4n) is 2.23. The van der Waals surface area contributed by atoms with Gasteiger partial charge in [0.25, 0.3) is 0 Å². The van der Waals surface area contributed by atoms with E-state index in [4.69, 9.17) is 22.1 Å². The number of nitrogens with zero attached hydrogens (tertiary/aromatic N) is 2. The van der Waals surface area contributed by atoms with E-state index >= 15 is 0 Å². The fourth-order valence-corrected chi connectivity index (χ4v) is 3.17. The van der Waals surface area contributed by atoms with Crippen molar-refractivity contribution in [3.05, 3.63) is 45.8 Å². The van der Waals surface area contributed by atoms with Gasteiger partial charge >= 0.3 is 5.97 Å². The summed E-state index contributed by atoms with van der Waals surface area (Å²) in [5, 5.41) is 9.35. The molecule has 2 aromatic rings. The Bertz CT molecular complexity index is 740. The number of nitrogen functional groups attached to an aromatic ring is 1. The first-order chi connectivity index (χ1) is 10.6. The van der Waals surface area contributed by atoms with Crippen LogP contribution in [0, 0.1) is 0 Å². The number of esters is 1. The zero-order valence-electron chi connectivity index (χ0n) is 11.9. The molecule has 1 aromatic heterocycles. The summed E-state index contributed by atoms with van der Waals surface area (Å²) in [5.74, 6) is -0.444. The van der Waals surface area contributed by atoms with Crippen molar-refractivity contribution in [1.82, 2.24) is 0 Å². The van der Waals surface area contributed by atoms with Crippen molar-refractivity contribution in [3.8, 4) is 0 Å². The number of halogens is 1. The number of fused-ring (bicyclic) bond motifs is 1. The first kappa shape index (κ1) is 14.9. The number of carbonyl (C=O) groups excluding carboxylic acids is 1. The van der Waals surface area contributed by atoms with E-state index < -0.39 is 5.97 Å². The predicted molar refractivity (Wildman–Crippen MR) is 89.5 cm³/mol. The molecule has 2 N–H and O–H groups in total. The van der Waals surface area contributed by atoms with Crippen LogP contribution >= 0.6 is 22.9 Å². The van der Waals surface area contributed by atoms with Crippen molar-refractivity contribution in [2.24, 2.45) is 5.10 Å². The molecule has 0 amide bonds. The summed E-state index contributed by atoms with van der Waals surface area (Å²) in [4.78, 5) is 12.2. The predicted octanol–water partition coefficient (Wildman–Crippen LogP) is 3.27. The quantitative estimate of drug-likeness (QED) is 0.874. The van der Waals surface area contributed by atoms with E-state index in [1.165, 1.54) is 11.3 Å². The van der Waals surface area contributed by atoms with Crippen LogP contribution in [0.5, 0.6) is 0 Å². The van der Waals surface area contributed by atoms with Crippen LogP contribution < -0.4 is 10.7 Å². The van der Waals surface area contributed by atoms with Crippen LogP contribution in [0.3, 0.4) is 0 Å². The summed E-state index contributed by atoms with van der Waals surface area (Å²) < 4.78 is 5.10. The molecule has 1 aromatic carbocycles. The third-order valence-electron chi connectivity index (χ3n) is 3.30. The van der Waals surface area contributed by atoms with Crippen LogP contribution in [-0.2, 0) is 16.1 Å². The van der Waals surface area contributed by atoms with Gasteiger partial charge < -0.3 is 10.5 Å². The van der Waals surface area contributed by atoms with Crippen LogP contribution in [-0.4, -0.2) is 18.3 Å². The lowest BCUT2D eigenvalue weighted by Crippen LogP contribution is -2.30. The second-order valence-electron chi connectivity index (χ2n) is 4.70. The van der Waals surface area contributed by atoms with Crippen molar-refractivity contribution in [2.45, 2.75) is 13.5 Å². The van der Waals surface area contributed by atoms with Gasteiger partial charge in [0.1, 0.15) is 0 Å². The molecule has 0 bridgehead atoms. The Balaban J connectivity index is 2.03. The lowest BCUT2D eigenvalue weighted by atomic mass is 10.1. The van der Waals surface area contributed by atoms with Crippen LogP contribution in [0.15, 0.2) is 34.7 Å². The van der Waals surface area contributed by atoms with Crippen molar-refractivity contribution in [3.63, 3.8) is 0 Å². The highest BCUT2D eigenvalue weighted by Gasteiger charge is 2.28. The van der Waals surface area contributed by atoms with Crippen molar-refractivity contribution in [2.75, 3.05) is 17.3 Å². The molecule has 0 fully saturated rings. The standard InChI is InChI=1S/C15H14ClN3O2S/c1-2-21-15(20)13-12-8-22-14(17)11(12)7-19(18-13)10-5-3-9(16)4-6-10/h3-6,8H,2,7,17H2,1H3. The number of carbonyl (C=O) groups is 1. The molecule has 114 valence electrons. The van der Waals surface area contributed by atoms with E-state index in [9.17, 15) is 4.79 Å². The normalized spacial score (nSPS) is 13.5. The molecule has 22 heavy (non-hydrogen) atoms. The maximum absolute atomic E-state index is 12.2. The third kappa shape index (κ3) is 2.67. The molecule has 0 saturated carbocycles. The molecule has 3 rings (SSSR count). The number of anilines is 2. The summed E-state index contributed by atoms with van der Waals surface area (Å²) in [7, 11) is 0. The maximum Gasteiger partial charge on any atom is 0.359 e. The number of rotatable bonds is 3. The van der Waals surface area contributed by atoms with Gasteiger partial charge in [0.2, 0.25) is 0 Å². The fraction of sp³-hybridized carbons (Fsp3) is 0.200. The summed E-state index contributed by atoms with van der Waals surface area (Å²) >= 11 is 7.31. The van der Waals surface area contributed by atoms with E-state index in [1.54, 1.807) is 24.1 Å². The van der Waals surface area contributed by atoms with E-state index in [0.29, 0.717) is 23.2 Å². The molecular weight excluding hydrogens is 322 g/mol. The maximum atomic E-state index is 12.2. The molecular formula is C15H14ClN3O2S. The first-order valence-corrected chi connectivity index (χ1v) is 8.01. The second-order valence-corrected chi connectivity index (χ2v) is 6.04. The Morgan fingerprint density at radius 3 is 2.86 bits per heavy atom. The third-order valence-corrected chi connectivity index (χ3v) is 4.41. The van der Waals surface area contributed by atoms with Gasteiger partial charge in [0, 0.05) is 21.5 Å². The summed E-state index contributed by atoms with van der Waals surface area (Å²) in [6.45, 7) is 2.57. The van der Waals surface area contributed by atoms with Gasteiger partial charge in [-0.05, 0) is 31.2 Å². The molecule has 0 saturated heterocycles. The van der Waals surface area contributed by atoms with Crippen molar-refractivity contribution < 1.29 is 9.53 Å². The molecule has 0 atom stereocenters. The molecule has 0 radical (unpaired) electrons. The zero-order valence-corrected chi connectivity index (χ0v) is 13.4. The molecule has 5 nitrogen and oxygen atoms in total. The SMILES string of the molecule is CCOC(=O)C1=NN(c2ccc(Cl)cc2)Cc2c1csc2N. The van der Waals surface area contributed by atoms with Crippen LogP contribution in [0.2, 0.25) is 5.02 Å². The topological polar surface area (TPSA) is 67.9 Å². The minimum Gasteiger partial charge on any atom is -0.461 e. The second kappa shape index (κ2) is 5.98. The van der Waals surface area contributed by atoms with Gasteiger partial charge in [-0.3, -0.25) is 5.01 Å². The van der Waals surface area contributed by atoms with Crippen molar-refractivity contribution in [1.29, 1.82) is 0 Å². The van der Waals surface area contributed by atoms with Gasteiger partial charge in [-0.15, -0.1) is 11.3 Å². The lowest BCUT2D eigenvalue weighted by molar-refractivity contribution is -0.135. The smallest absolute Gasteiger partial charge is 0.359 e. The lowest BCUT2D eigenvalue weighted by Gasteiger charge is -2.25. The van der Waals surface area contributed by atoms with Gasteiger partial charge in [0.05, 0.1) is 23.8 Å². The van der Waals surface area contributed by atoms with Crippen LogP contribution in [0.1, 0.15) is 18.1 Å². The van der Waals surface area contributed by atoms with Gasteiger partial charge in [0.15, 0.2) is 5.71 Å². The molecule has 0 aliphatic carbocycles. The molecule has 0 spiro atoms. The van der Waals surface area contributed by atoms with Crippen LogP contribution in [0.25, 0.3) is 0 Å². The highest BCUT2D eigenvalue weighted by molar-refractivity contribution is 7.14. The Morgan fingerprint density at radius 1 is 1.45 bits per heavy atom. The Morgan fingerprint density at radius 2 is 2.18 bits per heavy atom. The highest BCUT2D eigenvalue weighted by Crippen LogP contribution is 2.33. The van der Waals surface area contributed by atoms with Gasteiger partial charge in [-0.25, -0.2) is 4.79 Å². The molecule has 1 aliphatic rings.